The summed E-state index contributed by atoms with van der Waals surface area (Å²) in [6.45, 7) is 6.38. The molecule has 1 amide bonds. The molecular weight excluding hydrogens is 174 g/mol. The third-order valence-corrected chi connectivity index (χ3v) is 1.05. The number of esters is 2. The summed E-state index contributed by atoms with van der Waals surface area (Å²) in [6.07, 6.45) is 1.11. The van der Waals surface area contributed by atoms with E-state index in [9.17, 15) is 14.4 Å². The van der Waals surface area contributed by atoms with Gasteiger partial charge in [-0.25, -0.2) is 4.79 Å². The number of primary amides is 1. The fraction of sp³-hybridized carbons (Fsp3) is 0.125. The van der Waals surface area contributed by atoms with E-state index in [1.165, 1.54) is 0 Å². The van der Waals surface area contributed by atoms with Crippen molar-refractivity contribution >= 4 is 17.8 Å². The van der Waals surface area contributed by atoms with Gasteiger partial charge < -0.3 is 10.5 Å². The number of hydrogen-bond donors (Lipinski definition) is 1. The number of ether oxygens (including phenoxy) is 1. The second-order valence-electron chi connectivity index (χ2n) is 2.15. The third kappa shape index (κ3) is 4.52. The van der Waals surface area contributed by atoms with E-state index in [0.29, 0.717) is 0 Å². The fourth-order valence-corrected chi connectivity index (χ4v) is 0.458. The van der Waals surface area contributed by atoms with Crippen molar-refractivity contribution in [1.29, 1.82) is 0 Å². The molecule has 0 aromatic heterocycles. The average molecular weight is 183 g/mol. The van der Waals surface area contributed by atoms with Gasteiger partial charge in [-0.05, 0) is 6.08 Å². The maximum atomic E-state index is 10.2. The predicted molar refractivity (Wildman–Crippen MR) is 44.2 cm³/mol. The van der Waals surface area contributed by atoms with Crippen LogP contribution in [0.15, 0.2) is 24.8 Å². The predicted octanol–water partition coefficient (Wildman–Crippen LogP) is -0.326. The lowest BCUT2D eigenvalue weighted by molar-refractivity contribution is -0.151. The molecule has 0 bridgehead atoms. The van der Waals surface area contributed by atoms with Crippen LogP contribution in [0.25, 0.3) is 0 Å². The van der Waals surface area contributed by atoms with Crippen LogP contribution in [0.3, 0.4) is 0 Å². The summed E-state index contributed by atoms with van der Waals surface area (Å²) in [6, 6.07) is 0. The Labute approximate surface area is 74.9 Å². The van der Waals surface area contributed by atoms with E-state index in [1.807, 2.05) is 0 Å². The molecule has 0 aromatic carbocycles. The maximum absolute atomic E-state index is 10.2. The molecule has 1 aliphatic rings. The second-order valence-corrected chi connectivity index (χ2v) is 2.15. The van der Waals surface area contributed by atoms with E-state index in [2.05, 4.69) is 23.6 Å². The van der Waals surface area contributed by atoms with Gasteiger partial charge in [0.1, 0.15) is 0 Å². The van der Waals surface area contributed by atoms with E-state index >= 15 is 0 Å². The summed E-state index contributed by atoms with van der Waals surface area (Å²) in [5, 5.41) is 0. The fourth-order valence-electron chi connectivity index (χ4n) is 0.458. The smallest absolute Gasteiger partial charge is 0.341 e. The summed E-state index contributed by atoms with van der Waals surface area (Å²) in [4.78, 5) is 29.9. The zero-order valence-electron chi connectivity index (χ0n) is 6.91. The van der Waals surface area contributed by atoms with E-state index in [1.54, 1.807) is 0 Å². The summed E-state index contributed by atoms with van der Waals surface area (Å²) < 4.78 is 4.10. The Bertz CT molecular complexity index is 262. The van der Waals surface area contributed by atoms with Crippen LogP contribution in [0, 0.1) is 0 Å². The zero-order chi connectivity index (χ0) is 10.4. The summed E-state index contributed by atoms with van der Waals surface area (Å²) in [5.41, 5.74) is 4.78. The summed E-state index contributed by atoms with van der Waals surface area (Å²) in [5.74, 6) is -1.57. The van der Waals surface area contributed by atoms with Gasteiger partial charge in [0.25, 0.3) is 0 Å². The van der Waals surface area contributed by atoms with Crippen molar-refractivity contribution in [2.45, 2.75) is 6.42 Å². The molecule has 70 valence electrons. The number of rotatable bonds is 1. The van der Waals surface area contributed by atoms with Crippen LogP contribution in [0.4, 0.5) is 0 Å². The first-order valence-corrected chi connectivity index (χ1v) is 3.32. The van der Waals surface area contributed by atoms with Crippen molar-refractivity contribution in [2.75, 3.05) is 0 Å². The number of amides is 1. The molecule has 0 unspecified atom stereocenters. The Balaban J connectivity index is 0.000000252. The first kappa shape index (κ1) is 11.1. The van der Waals surface area contributed by atoms with Crippen molar-refractivity contribution in [2.24, 2.45) is 5.73 Å². The minimum atomic E-state index is -0.588. The van der Waals surface area contributed by atoms with Crippen molar-refractivity contribution < 1.29 is 19.1 Å². The Morgan fingerprint density at radius 3 is 2.08 bits per heavy atom. The van der Waals surface area contributed by atoms with E-state index in [4.69, 9.17) is 0 Å². The molecule has 1 fully saturated rings. The summed E-state index contributed by atoms with van der Waals surface area (Å²) in [7, 11) is 0. The summed E-state index contributed by atoms with van der Waals surface area (Å²) >= 11 is 0. The Kier molecular flexibility index (Phi) is 4.15. The minimum absolute atomic E-state index is 0.0544. The van der Waals surface area contributed by atoms with Gasteiger partial charge in [-0.1, -0.05) is 13.2 Å². The van der Waals surface area contributed by atoms with Gasteiger partial charge >= 0.3 is 11.9 Å². The van der Waals surface area contributed by atoms with Gasteiger partial charge in [-0.3, -0.25) is 9.59 Å². The molecule has 1 aliphatic heterocycles. The van der Waals surface area contributed by atoms with Crippen molar-refractivity contribution in [1.82, 2.24) is 0 Å². The molecule has 0 radical (unpaired) electrons. The van der Waals surface area contributed by atoms with Gasteiger partial charge in [0.05, 0.1) is 6.42 Å². The molecule has 0 aromatic rings. The molecule has 0 aliphatic carbocycles. The highest BCUT2D eigenvalue weighted by Gasteiger charge is 2.24. The molecular formula is C8H9NO4. The molecule has 0 spiro atoms. The lowest BCUT2D eigenvalue weighted by Gasteiger charge is -1.80. The third-order valence-electron chi connectivity index (χ3n) is 1.05. The largest absolute Gasteiger partial charge is 0.389 e. The van der Waals surface area contributed by atoms with Gasteiger partial charge in [0, 0.05) is 5.57 Å². The lowest BCUT2D eigenvalue weighted by Crippen LogP contribution is -2.04. The molecule has 5 nitrogen and oxygen atoms in total. The molecule has 0 atom stereocenters. The van der Waals surface area contributed by atoms with E-state index in [-0.39, 0.29) is 12.0 Å². The number of cyclic esters (lactones) is 2. The van der Waals surface area contributed by atoms with Gasteiger partial charge in [0.15, 0.2) is 0 Å². The number of carbonyl (C=O) groups is 3. The van der Waals surface area contributed by atoms with Crippen molar-refractivity contribution in [3.63, 3.8) is 0 Å². The maximum Gasteiger partial charge on any atom is 0.341 e. The topological polar surface area (TPSA) is 86.5 Å². The van der Waals surface area contributed by atoms with Crippen LogP contribution in [0.2, 0.25) is 0 Å². The van der Waals surface area contributed by atoms with Gasteiger partial charge in [-0.2, -0.15) is 0 Å². The van der Waals surface area contributed by atoms with Crippen LogP contribution < -0.4 is 5.73 Å². The van der Waals surface area contributed by atoms with Gasteiger partial charge in [-0.15, -0.1) is 0 Å². The van der Waals surface area contributed by atoms with Crippen LogP contribution >= 0.6 is 0 Å². The molecule has 1 heterocycles. The Morgan fingerprint density at radius 1 is 1.54 bits per heavy atom. The van der Waals surface area contributed by atoms with Crippen LogP contribution in [0.5, 0.6) is 0 Å². The standard InChI is InChI=1S/C5H4O3.C3H5NO/c1-3-2-4(6)8-5(3)7;1-2-3(4)5/h1-2H2;2H,1H2,(H2,4,5). The number of hydrogen-bond acceptors (Lipinski definition) is 4. The highest BCUT2D eigenvalue weighted by molar-refractivity contribution is 6.05. The molecule has 5 heteroatoms. The lowest BCUT2D eigenvalue weighted by atomic mass is 10.3. The zero-order valence-corrected chi connectivity index (χ0v) is 6.91. The molecule has 1 saturated heterocycles. The van der Waals surface area contributed by atoms with Crippen molar-refractivity contribution in [3.8, 4) is 0 Å². The first-order chi connectivity index (χ1) is 5.97. The quantitative estimate of drug-likeness (QED) is 0.342. The molecule has 0 saturated carbocycles. The van der Waals surface area contributed by atoms with Crippen LogP contribution in [-0.4, -0.2) is 17.8 Å². The highest BCUT2D eigenvalue weighted by atomic mass is 16.6. The van der Waals surface area contributed by atoms with Crippen LogP contribution in [0.1, 0.15) is 6.42 Å². The highest BCUT2D eigenvalue weighted by Crippen LogP contribution is 2.10. The minimum Gasteiger partial charge on any atom is -0.389 e. The van der Waals surface area contributed by atoms with Gasteiger partial charge in [0.2, 0.25) is 5.91 Å². The Hall–Kier alpha value is -1.91. The second kappa shape index (κ2) is 4.87. The molecule has 2 N–H and O–H groups in total. The SMILES string of the molecule is C=C1CC(=O)OC1=O.C=CC(N)=O. The number of carbonyl (C=O) groups excluding carboxylic acids is 3. The van der Waals surface area contributed by atoms with E-state index in [0.717, 1.165) is 6.08 Å². The van der Waals surface area contributed by atoms with Crippen LogP contribution in [-0.2, 0) is 19.1 Å². The molecule has 13 heavy (non-hydrogen) atoms. The normalized spacial score (nSPS) is 14.3. The van der Waals surface area contributed by atoms with E-state index < -0.39 is 17.8 Å². The molecule has 1 rings (SSSR count). The Morgan fingerprint density at radius 2 is 2.00 bits per heavy atom. The monoisotopic (exact) mass is 183 g/mol. The average Bonchev–Trinajstić information content (AvgIpc) is 2.31. The first-order valence-electron chi connectivity index (χ1n) is 3.32. The number of nitrogens with two attached hydrogens (primary N) is 1. The van der Waals surface area contributed by atoms with Crippen molar-refractivity contribution in [3.05, 3.63) is 24.8 Å².